The molecule has 1 heterocycles. The van der Waals surface area contributed by atoms with Crippen molar-refractivity contribution >= 4 is 11.8 Å². The molecule has 0 aromatic rings. The number of thioether (sulfide) groups is 1. The molecule has 2 nitrogen and oxygen atoms in total. The lowest BCUT2D eigenvalue weighted by molar-refractivity contribution is 0.299. The van der Waals surface area contributed by atoms with Crippen molar-refractivity contribution in [1.82, 2.24) is 10.2 Å². The van der Waals surface area contributed by atoms with E-state index in [4.69, 9.17) is 0 Å². The van der Waals surface area contributed by atoms with Crippen molar-refractivity contribution in [2.24, 2.45) is 0 Å². The van der Waals surface area contributed by atoms with Crippen LogP contribution < -0.4 is 5.32 Å². The van der Waals surface area contributed by atoms with Gasteiger partial charge in [0.05, 0.1) is 0 Å². The lowest BCUT2D eigenvalue weighted by atomic mass is 10.3. The lowest BCUT2D eigenvalue weighted by Gasteiger charge is -2.21. The van der Waals surface area contributed by atoms with Crippen molar-refractivity contribution in [1.29, 1.82) is 0 Å². The van der Waals surface area contributed by atoms with Gasteiger partial charge in [-0.1, -0.05) is 0 Å². The smallest absolute Gasteiger partial charge is 0.0166 e. The maximum atomic E-state index is 3.59. The van der Waals surface area contributed by atoms with Gasteiger partial charge in [0.15, 0.2) is 0 Å². The highest BCUT2D eigenvalue weighted by atomic mass is 32.2. The van der Waals surface area contributed by atoms with Gasteiger partial charge in [0, 0.05) is 12.6 Å². The van der Waals surface area contributed by atoms with E-state index in [0.29, 0.717) is 6.04 Å². The Labute approximate surface area is 92.8 Å². The molecule has 1 rings (SSSR count). The summed E-state index contributed by atoms with van der Waals surface area (Å²) in [5.41, 5.74) is 0. The third kappa shape index (κ3) is 5.23. The minimum absolute atomic E-state index is 0.662. The number of nitrogens with one attached hydrogen (secondary N) is 1. The van der Waals surface area contributed by atoms with E-state index in [1.54, 1.807) is 0 Å². The van der Waals surface area contributed by atoms with Gasteiger partial charge < -0.3 is 10.2 Å². The second kappa shape index (κ2) is 7.55. The van der Waals surface area contributed by atoms with Crippen LogP contribution in [0.3, 0.4) is 0 Å². The third-order valence-corrected chi connectivity index (χ3v) is 3.45. The molecule has 1 aliphatic heterocycles. The molecule has 1 atom stereocenters. The fraction of sp³-hybridized carbons (Fsp3) is 1.00. The van der Waals surface area contributed by atoms with E-state index in [1.165, 1.54) is 51.2 Å². The summed E-state index contributed by atoms with van der Waals surface area (Å²) < 4.78 is 0. The van der Waals surface area contributed by atoms with Crippen LogP contribution in [-0.4, -0.2) is 49.1 Å². The quantitative estimate of drug-likeness (QED) is 0.654. The lowest BCUT2D eigenvalue weighted by Crippen LogP contribution is -2.38. The summed E-state index contributed by atoms with van der Waals surface area (Å²) in [5.74, 6) is 1.28. The topological polar surface area (TPSA) is 15.3 Å². The Kier molecular flexibility index (Phi) is 6.65. The molecule has 0 aromatic heterocycles. The molecule has 0 amide bonds. The zero-order valence-corrected chi connectivity index (χ0v) is 10.4. The first-order valence-corrected chi connectivity index (χ1v) is 7.17. The van der Waals surface area contributed by atoms with E-state index in [9.17, 15) is 0 Å². The molecule has 1 unspecified atom stereocenters. The van der Waals surface area contributed by atoms with Crippen molar-refractivity contribution in [3.8, 4) is 0 Å². The van der Waals surface area contributed by atoms with Crippen LogP contribution in [0.2, 0.25) is 0 Å². The van der Waals surface area contributed by atoms with Gasteiger partial charge in [-0.3, -0.25) is 0 Å². The van der Waals surface area contributed by atoms with Crippen LogP contribution in [0.15, 0.2) is 0 Å². The molecule has 1 fully saturated rings. The Hall–Kier alpha value is 0.270. The summed E-state index contributed by atoms with van der Waals surface area (Å²) in [7, 11) is 0. The van der Waals surface area contributed by atoms with Crippen molar-refractivity contribution in [3.05, 3.63) is 0 Å². The predicted molar refractivity (Wildman–Crippen MR) is 66.1 cm³/mol. The first-order valence-electron chi connectivity index (χ1n) is 5.77. The van der Waals surface area contributed by atoms with Gasteiger partial charge in [-0.2, -0.15) is 11.8 Å². The molecule has 0 aliphatic carbocycles. The van der Waals surface area contributed by atoms with Gasteiger partial charge >= 0.3 is 0 Å². The Bertz CT molecular complexity index is 135. The molecule has 0 bridgehead atoms. The van der Waals surface area contributed by atoms with E-state index in [1.807, 2.05) is 11.8 Å². The molecule has 1 N–H and O–H groups in total. The predicted octanol–water partition coefficient (Wildman–Crippen LogP) is 1.81. The second-order valence-electron chi connectivity index (χ2n) is 4.21. The Morgan fingerprint density at radius 3 is 2.71 bits per heavy atom. The van der Waals surface area contributed by atoms with Gasteiger partial charge in [0.2, 0.25) is 0 Å². The van der Waals surface area contributed by atoms with Crippen molar-refractivity contribution in [3.63, 3.8) is 0 Å². The summed E-state index contributed by atoms with van der Waals surface area (Å²) in [6, 6.07) is 0.662. The highest BCUT2D eigenvalue weighted by Gasteiger charge is 2.13. The number of likely N-dealkylation sites (tertiary alicyclic amines) is 1. The molecule has 1 saturated heterocycles. The zero-order valence-electron chi connectivity index (χ0n) is 9.59. The van der Waals surface area contributed by atoms with Crippen LogP contribution in [0.25, 0.3) is 0 Å². The molecule has 0 radical (unpaired) electrons. The van der Waals surface area contributed by atoms with E-state index in [0.717, 1.165) is 0 Å². The van der Waals surface area contributed by atoms with Gasteiger partial charge in [-0.05, 0) is 57.8 Å². The first kappa shape index (κ1) is 12.3. The molecule has 1 aliphatic rings. The third-order valence-electron chi connectivity index (χ3n) is 2.75. The monoisotopic (exact) mass is 216 g/mol. The zero-order chi connectivity index (χ0) is 10.2. The van der Waals surface area contributed by atoms with Crippen molar-refractivity contribution in [2.45, 2.75) is 32.2 Å². The van der Waals surface area contributed by atoms with Crippen LogP contribution in [-0.2, 0) is 0 Å². The molecule has 3 heteroatoms. The maximum absolute atomic E-state index is 3.59. The Morgan fingerprint density at radius 1 is 1.36 bits per heavy atom. The van der Waals surface area contributed by atoms with Crippen LogP contribution in [0.1, 0.15) is 26.2 Å². The van der Waals surface area contributed by atoms with E-state index in [-0.39, 0.29) is 0 Å². The van der Waals surface area contributed by atoms with Crippen LogP contribution in [0.4, 0.5) is 0 Å². The van der Waals surface area contributed by atoms with E-state index in [2.05, 4.69) is 23.4 Å². The fourth-order valence-electron chi connectivity index (χ4n) is 1.98. The molecular formula is C11H24N2S. The summed E-state index contributed by atoms with van der Waals surface area (Å²) in [6.45, 7) is 7.35. The number of hydrogen-bond acceptors (Lipinski definition) is 3. The van der Waals surface area contributed by atoms with Gasteiger partial charge in [0.1, 0.15) is 0 Å². The molecular weight excluding hydrogens is 192 g/mol. The molecule has 84 valence electrons. The normalized spacial score (nSPS) is 20.1. The minimum Gasteiger partial charge on any atom is -0.313 e. The molecule has 0 aromatic carbocycles. The standard InChI is InChI=1S/C11H24N2S/c1-11(12-6-5-9-14-2)10-13-7-3-4-8-13/h11-12H,3-10H2,1-2H3. The van der Waals surface area contributed by atoms with Gasteiger partial charge in [-0.25, -0.2) is 0 Å². The highest BCUT2D eigenvalue weighted by Crippen LogP contribution is 2.07. The van der Waals surface area contributed by atoms with Crippen molar-refractivity contribution < 1.29 is 0 Å². The molecule has 0 saturated carbocycles. The Balaban J connectivity index is 1.95. The largest absolute Gasteiger partial charge is 0.313 e. The van der Waals surface area contributed by atoms with Crippen LogP contribution in [0, 0.1) is 0 Å². The highest BCUT2D eigenvalue weighted by molar-refractivity contribution is 7.98. The average molecular weight is 216 g/mol. The van der Waals surface area contributed by atoms with Gasteiger partial charge in [-0.15, -0.1) is 0 Å². The average Bonchev–Trinajstić information content (AvgIpc) is 2.65. The maximum Gasteiger partial charge on any atom is 0.0166 e. The number of rotatable bonds is 7. The fourth-order valence-corrected chi connectivity index (χ4v) is 2.42. The van der Waals surface area contributed by atoms with E-state index >= 15 is 0 Å². The van der Waals surface area contributed by atoms with Gasteiger partial charge in [0.25, 0.3) is 0 Å². The summed E-state index contributed by atoms with van der Waals surface area (Å²) in [5, 5.41) is 3.59. The van der Waals surface area contributed by atoms with Crippen LogP contribution >= 0.6 is 11.8 Å². The number of hydrogen-bond donors (Lipinski definition) is 1. The Morgan fingerprint density at radius 2 is 2.07 bits per heavy atom. The summed E-state index contributed by atoms with van der Waals surface area (Å²) in [6.07, 6.45) is 6.28. The first-order chi connectivity index (χ1) is 6.83. The van der Waals surface area contributed by atoms with E-state index < -0.39 is 0 Å². The summed E-state index contributed by atoms with van der Waals surface area (Å²) in [4.78, 5) is 2.58. The molecule has 14 heavy (non-hydrogen) atoms. The second-order valence-corrected chi connectivity index (χ2v) is 5.19. The SMILES string of the molecule is CSCCCNC(C)CN1CCCC1. The van der Waals surface area contributed by atoms with Crippen molar-refractivity contribution in [2.75, 3.05) is 38.2 Å². The minimum atomic E-state index is 0.662. The number of nitrogens with zero attached hydrogens (tertiary/aromatic N) is 1. The molecule has 0 spiro atoms. The summed E-state index contributed by atoms with van der Waals surface area (Å²) >= 11 is 1.94. The van der Waals surface area contributed by atoms with Crippen LogP contribution in [0.5, 0.6) is 0 Å².